The summed E-state index contributed by atoms with van der Waals surface area (Å²) < 4.78 is 5.07. The van der Waals surface area contributed by atoms with Crippen LogP contribution in [-0.2, 0) is 6.54 Å². The van der Waals surface area contributed by atoms with Crippen molar-refractivity contribution in [3.63, 3.8) is 0 Å². The zero-order valence-corrected chi connectivity index (χ0v) is 11.9. The Morgan fingerprint density at radius 2 is 1.84 bits per heavy atom. The van der Waals surface area contributed by atoms with E-state index >= 15 is 0 Å². The maximum Gasteiger partial charge on any atom is 0.352 e. The Kier molecular flexibility index (Phi) is 2.82. The number of benzene rings is 1. The first-order valence-corrected chi connectivity index (χ1v) is 6.76. The maximum absolute atomic E-state index is 12.4. The average Bonchev–Trinajstić information content (AvgIpc) is 2.65. The molecule has 0 saturated heterocycles. The fraction of sp³-hybridized carbons (Fsp3) is 0.231. The molecule has 3 rings (SSSR count). The minimum Gasteiger partial charge on any atom is -0.245 e. The number of hydrogen-bond acceptors (Lipinski definition) is 2. The van der Waals surface area contributed by atoms with Gasteiger partial charge in [0, 0.05) is 4.47 Å². The third kappa shape index (κ3) is 1.83. The molecule has 0 fully saturated rings. The molecule has 0 aliphatic carbocycles. The van der Waals surface area contributed by atoms with Crippen LogP contribution < -0.4 is 11.4 Å². The van der Waals surface area contributed by atoms with Gasteiger partial charge in [-0.3, -0.25) is 0 Å². The van der Waals surface area contributed by atoms with Crippen LogP contribution in [0.15, 0.2) is 50.5 Å². The minimum absolute atomic E-state index is 0.106. The molecule has 6 heteroatoms. The molecule has 0 radical (unpaired) electrons. The molecular weight excluding hydrogens is 310 g/mol. The van der Waals surface area contributed by atoms with Gasteiger partial charge in [0.25, 0.3) is 0 Å². The van der Waals surface area contributed by atoms with Crippen LogP contribution in [0.4, 0.5) is 0 Å². The second kappa shape index (κ2) is 4.38. The molecule has 1 aromatic heterocycles. The number of allylic oxidation sites excluding steroid dienone is 2. The summed E-state index contributed by atoms with van der Waals surface area (Å²) in [7, 11) is 0. The molecule has 0 saturated carbocycles. The lowest BCUT2D eigenvalue weighted by Crippen LogP contribution is -2.30. The van der Waals surface area contributed by atoms with E-state index in [4.69, 9.17) is 0 Å². The van der Waals surface area contributed by atoms with E-state index in [0.717, 1.165) is 4.47 Å². The fourth-order valence-corrected chi connectivity index (χ4v) is 2.57. The third-order valence-electron chi connectivity index (χ3n) is 3.22. The minimum atomic E-state index is -0.302. The summed E-state index contributed by atoms with van der Waals surface area (Å²) in [5.41, 5.74) is -0.0208. The topological polar surface area (TPSA) is 48.9 Å². The van der Waals surface area contributed by atoms with Gasteiger partial charge < -0.3 is 0 Å². The highest BCUT2D eigenvalue weighted by Gasteiger charge is 2.21. The van der Waals surface area contributed by atoms with Gasteiger partial charge in [-0.15, -0.1) is 0 Å². The second-order valence-corrected chi connectivity index (χ2v) is 5.39. The molecule has 98 valence electrons. The predicted molar refractivity (Wildman–Crippen MR) is 75.8 cm³/mol. The Bertz CT molecular complexity index is 765. The number of rotatable bonds is 1. The largest absolute Gasteiger partial charge is 0.352 e. The Hall–Kier alpha value is -1.82. The first-order chi connectivity index (χ1) is 9.09. The third-order valence-corrected chi connectivity index (χ3v) is 3.75. The van der Waals surface area contributed by atoms with Crippen LogP contribution in [0.3, 0.4) is 0 Å². The van der Waals surface area contributed by atoms with E-state index in [1.54, 1.807) is 12.1 Å². The van der Waals surface area contributed by atoms with E-state index in [9.17, 15) is 9.59 Å². The van der Waals surface area contributed by atoms with Crippen molar-refractivity contribution in [2.24, 2.45) is 0 Å². The zero-order chi connectivity index (χ0) is 13.6. The van der Waals surface area contributed by atoms with E-state index in [-0.39, 0.29) is 17.4 Å². The van der Waals surface area contributed by atoms with Crippen molar-refractivity contribution in [2.45, 2.75) is 19.5 Å². The van der Waals surface area contributed by atoms with E-state index < -0.39 is 0 Å². The summed E-state index contributed by atoms with van der Waals surface area (Å²) >= 11 is 3.34. The summed E-state index contributed by atoms with van der Waals surface area (Å²) in [6.07, 6.45) is 3.82. The summed E-state index contributed by atoms with van der Waals surface area (Å²) in [5, 5.41) is 0. The number of nitrogens with zero attached hydrogens (tertiary/aromatic N) is 3. The van der Waals surface area contributed by atoms with E-state index in [2.05, 4.69) is 15.9 Å². The lowest BCUT2D eigenvalue weighted by Gasteiger charge is -2.16. The van der Waals surface area contributed by atoms with Crippen LogP contribution in [0.25, 0.3) is 5.69 Å². The van der Waals surface area contributed by atoms with E-state index in [1.807, 2.05) is 31.2 Å². The van der Waals surface area contributed by atoms with E-state index in [0.29, 0.717) is 12.2 Å². The second-order valence-electron chi connectivity index (χ2n) is 4.47. The Labute approximate surface area is 117 Å². The molecule has 0 spiro atoms. The Morgan fingerprint density at radius 1 is 1.16 bits per heavy atom. The average molecular weight is 322 g/mol. The van der Waals surface area contributed by atoms with Crippen molar-refractivity contribution in [3.8, 4) is 5.69 Å². The van der Waals surface area contributed by atoms with Crippen LogP contribution in [-0.4, -0.2) is 13.9 Å². The normalized spacial score (nSPS) is 17.5. The van der Waals surface area contributed by atoms with Crippen molar-refractivity contribution in [3.05, 3.63) is 61.9 Å². The molecule has 0 amide bonds. The highest BCUT2D eigenvalue weighted by molar-refractivity contribution is 9.10. The molecule has 0 bridgehead atoms. The number of hydrogen-bond donors (Lipinski definition) is 0. The molecule has 5 nitrogen and oxygen atoms in total. The van der Waals surface area contributed by atoms with Crippen LogP contribution in [0.2, 0.25) is 0 Å². The van der Waals surface area contributed by atoms with Gasteiger partial charge >= 0.3 is 11.4 Å². The fourth-order valence-electron chi connectivity index (χ4n) is 2.31. The lowest BCUT2D eigenvalue weighted by molar-refractivity contribution is 0.421. The Balaban J connectivity index is 2.27. The quantitative estimate of drug-likeness (QED) is 0.750. The van der Waals surface area contributed by atoms with Gasteiger partial charge in [0.2, 0.25) is 0 Å². The number of fused-ring (bicyclic) bond motifs is 1. The van der Waals surface area contributed by atoms with Crippen molar-refractivity contribution >= 4 is 15.9 Å². The molecule has 0 N–H and O–H groups in total. The molecule has 2 aromatic rings. The number of halogens is 1. The molecule has 1 atom stereocenters. The monoisotopic (exact) mass is 321 g/mol. The van der Waals surface area contributed by atoms with Gasteiger partial charge in [-0.05, 0) is 31.2 Å². The van der Waals surface area contributed by atoms with Gasteiger partial charge in [-0.25, -0.2) is 23.5 Å². The van der Waals surface area contributed by atoms with Gasteiger partial charge in [0.15, 0.2) is 0 Å². The van der Waals surface area contributed by atoms with Gasteiger partial charge in [0.1, 0.15) is 0 Å². The molecule has 19 heavy (non-hydrogen) atoms. The highest BCUT2D eigenvalue weighted by atomic mass is 79.9. The summed E-state index contributed by atoms with van der Waals surface area (Å²) in [6.45, 7) is 2.32. The first kappa shape index (κ1) is 12.2. The smallest absolute Gasteiger partial charge is 0.245 e. The van der Waals surface area contributed by atoms with Gasteiger partial charge in [-0.2, -0.15) is 0 Å². The predicted octanol–water partition coefficient (Wildman–Crippen LogP) is 1.69. The van der Waals surface area contributed by atoms with Crippen molar-refractivity contribution in [2.75, 3.05) is 0 Å². The maximum atomic E-state index is 12.4. The lowest BCUT2D eigenvalue weighted by atomic mass is 10.3. The molecule has 1 aromatic carbocycles. The summed E-state index contributed by atoms with van der Waals surface area (Å²) in [6, 6.07) is 7.01. The van der Waals surface area contributed by atoms with Crippen LogP contribution in [0.5, 0.6) is 0 Å². The summed E-state index contributed by atoms with van der Waals surface area (Å²) in [5.74, 6) is 0. The zero-order valence-electron chi connectivity index (χ0n) is 10.3. The molecular formula is C13H12BrN3O2. The van der Waals surface area contributed by atoms with Crippen molar-refractivity contribution in [1.29, 1.82) is 0 Å². The van der Waals surface area contributed by atoms with Crippen molar-refractivity contribution < 1.29 is 0 Å². The van der Waals surface area contributed by atoms with Gasteiger partial charge in [0.05, 0.1) is 18.3 Å². The van der Waals surface area contributed by atoms with Gasteiger partial charge in [-0.1, -0.05) is 28.1 Å². The highest BCUT2D eigenvalue weighted by Crippen LogP contribution is 2.13. The van der Waals surface area contributed by atoms with Crippen LogP contribution >= 0.6 is 15.9 Å². The van der Waals surface area contributed by atoms with Crippen LogP contribution in [0, 0.1) is 0 Å². The van der Waals surface area contributed by atoms with E-state index in [1.165, 1.54) is 13.9 Å². The van der Waals surface area contributed by atoms with Crippen molar-refractivity contribution in [1.82, 2.24) is 13.9 Å². The SMILES string of the molecule is CC1C=CCn2c(=O)n(-c3ccc(Br)cc3)c(=O)n21. The molecule has 2 heterocycles. The Morgan fingerprint density at radius 3 is 2.47 bits per heavy atom. The standard InChI is InChI=1S/C13H12BrN3O2/c1-9-3-2-8-15-12(18)16(13(19)17(9)15)11-6-4-10(14)5-7-11/h2-7,9H,8H2,1H3. The number of aromatic nitrogens is 3. The summed E-state index contributed by atoms with van der Waals surface area (Å²) in [4.78, 5) is 24.7. The molecule has 1 unspecified atom stereocenters. The molecule has 1 aliphatic rings. The van der Waals surface area contributed by atoms with Crippen LogP contribution in [0.1, 0.15) is 13.0 Å². The first-order valence-electron chi connectivity index (χ1n) is 5.96. The molecule has 1 aliphatic heterocycles.